The molecule has 0 aliphatic heterocycles. The van der Waals surface area contributed by atoms with E-state index in [0.717, 1.165) is 23.4 Å². The van der Waals surface area contributed by atoms with Crippen LogP contribution in [0.15, 0.2) is 60.8 Å². The summed E-state index contributed by atoms with van der Waals surface area (Å²) in [5.41, 5.74) is 1.57. The number of anilines is 2. The number of aromatic nitrogens is 1. The van der Waals surface area contributed by atoms with E-state index in [4.69, 9.17) is 4.74 Å². The Kier molecular flexibility index (Phi) is 6.16. The number of hydrogen-bond donors (Lipinski definition) is 2. The molecule has 0 saturated heterocycles. The van der Waals surface area contributed by atoms with Crippen molar-refractivity contribution in [3.05, 3.63) is 83.6 Å². The zero-order valence-corrected chi connectivity index (χ0v) is 15.2. The van der Waals surface area contributed by atoms with E-state index >= 15 is 0 Å². The van der Waals surface area contributed by atoms with Crippen molar-refractivity contribution >= 4 is 17.4 Å². The average molecular weight is 383 g/mol. The highest BCUT2D eigenvalue weighted by molar-refractivity contribution is 5.94. The monoisotopic (exact) mass is 383 g/mol. The van der Waals surface area contributed by atoms with Gasteiger partial charge in [0.2, 0.25) is 0 Å². The Morgan fingerprint density at radius 2 is 1.86 bits per heavy atom. The summed E-state index contributed by atoms with van der Waals surface area (Å²) in [6.45, 7) is 0.478. The number of rotatable bonds is 7. The Hall–Kier alpha value is -3.48. The number of nitrogens with one attached hydrogen (secondary N) is 2. The van der Waals surface area contributed by atoms with Crippen molar-refractivity contribution < 1.29 is 18.3 Å². The molecule has 0 aliphatic carbocycles. The molecule has 0 fully saturated rings. The third-order valence-corrected chi connectivity index (χ3v) is 4.08. The summed E-state index contributed by atoms with van der Waals surface area (Å²) >= 11 is 0. The fraction of sp³-hybridized carbons (Fsp3) is 0.143. The van der Waals surface area contributed by atoms with E-state index in [1.165, 1.54) is 12.3 Å². The normalized spacial score (nSPS) is 10.4. The van der Waals surface area contributed by atoms with Crippen LogP contribution < -0.4 is 15.4 Å². The lowest BCUT2D eigenvalue weighted by molar-refractivity contribution is 0.0954. The fourth-order valence-electron chi connectivity index (χ4n) is 2.55. The summed E-state index contributed by atoms with van der Waals surface area (Å²) in [6, 6.07) is 14.0. The van der Waals surface area contributed by atoms with Crippen LogP contribution in [0, 0.1) is 11.6 Å². The van der Waals surface area contributed by atoms with Crippen LogP contribution in [0.2, 0.25) is 0 Å². The van der Waals surface area contributed by atoms with Gasteiger partial charge in [-0.3, -0.25) is 4.79 Å². The third-order valence-electron chi connectivity index (χ3n) is 4.08. The lowest BCUT2D eigenvalue weighted by Crippen LogP contribution is -2.25. The maximum atomic E-state index is 13.7. The second-order valence-corrected chi connectivity index (χ2v) is 6.04. The molecule has 3 rings (SSSR count). The van der Waals surface area contributed by atoms with Gasteiger partial charge >= 0.3 is 0 Å². The molecule has 144 valence electrons. The van der Waals surface area contributed by atoms with Crippen LogP contribution in [-0.4, -0.2) is 24.5 Å². The van der Waals surface area contributed by atoms with E-state index in [-0.39, 0.29) is 11.6 Å². The van der Waals surface area contributed by atoms with E-state index < -0.39 is 11.6 Å². The fourth-order valence-corrected chi connectivity index (χ4v) is 2.55. The van der Waals surface area contributed by atoms with Gasteiger partial charge in [-0.15, -0.1) is 0 Å². The van der Waals surface area contributed by atoms with Crippen LogP contribution in [0.25, 0.3) is 0 Å². The maximum Gasteiger partial charge on any atom is 0.252 e. The molecule has 2 N–H and O–H groups in total. The largest absolute Gasteiger partial charge is 0.497 e. The zero-order valence-electron chi connectivity index (χ0n) is 15.2. The van der Waals surface area contributed by atoms with Gasteiger partial charge in [0.05, 0.1) is 18.4 Å². The van der Waals surface area contributed by atoms with E-state index in [0.29, 0.717) is 24.3 Å². The van der Waals surface area contributed by atoms with Crippen LogP contribution in [0.4, 0.5) is 20.3 Å². The molecule has 1 aromatic heterocycles. The first kappa shape index (κ1) is 19.3. The highest BCUT2D eigenvalue weighted by atomic mass is 19.1. The number of hydrogen-bond acceptors (Lipinski definition) is 4. The Morgan fingerprint density at radius 1 is 1.07 bits per heavy atom. The lowest BCUT2D eigenvalue weighted by atomic mass is 10.1. The van der Waals surface area contributed by atoms with Crippen LogP contribution in [0.3, 0.4) is 0 Å². The molecule has 28 heavy (non-hydrogen) atoms. The number of methoxy groups -OCH3 is 1. The van der Waals surface area contributed by atoms with Crippen molar-refractivity contribution in [1.82, 2.24) is 10.3 Å². The molecule has 2 aromatic carbocycles. The summed E-state index contributed by atoms with van der Waals surface area (Å²) in [7, 11) is 1.61. The molecule has 0 bridgehead atoms. The summed E-state index contributed by atoms with van der Waals surface area (Å²) in [5.74, 6) is -0.492. The van der Waals surface area contributed by atoms with Gasteiger partial charge in [-0.2, -0.15) is 0 Å². The highest BCUT2D eigenvalue weighted by Gasteiger charge is 2.08. The minimum absolute atomic E-state index is 0.102. The van der Waals surface area contributed by atoms with Gasteiger partial charge in [0, 0.05) is 18.8 Å². The molecule has 1 amide bonds. The molecule has 0 spiro atoms. The molecular weight excluding hydrogens is 364 g/mol. The quantitative estimate of drug-likeness (QED) is 0.645. The Morgan fingerprint density at radius 3 is 2.50 bits per heavy atom. The molecule has 0 atom stereocenters. The summed E-state index contributed by atoms with van der Waals surface area (Å²) in [4.78, 5) is 16.3. The molecule has 0 radical (unpaired) electrons. The summed E-state index contributed by atoms with van der Waals surface area (Å²) in [6.07, 6.45) is 2.08. The number of halogens is 2. The van der Waals surface area contributed by atoms with Gasteiger partial charge in [-0.1, -0.05) is 12.1 Å². The van der Waals surface area contributed by atoms with Gasteiger partial charge in [-0.25, -0.2) is 13.8 Å². The van der Waals surface area contributed by atoms with Crippen LogP contribution >= 0.6 is 0 Å². The van der Waals surface area contributed by atoms with Crippen molar-refractivity contribution in [2.75, 3.05) is 19.0 Å². The van der Waals surface area contributed by atoms with E-state index in [9.17, 15) is 13.6 Å². The minimum atomic E-state index is -0.720. The third kappa shape index (κ3) is 5.03. The molecule has 1 heterocycles. The number of benzene rings is 2. The van der Waals surface area contributed by atoms with Gasteiger partial charge in [0.25, 0.3) is 5.91 Å². The number of pyridine rings is 1. The van der Waals surface area contributed by atoms with Gasteiger partial charge in [0.1, 0.15) is 23.2 Å². The standard InChI is InChI=1S/C21H19F2N3O2/c1-28-17-6-2-14(3-7-17)10-11-24-21(27)15-4-9-20(25-13-15)26-19-8-5-16(22)12-18(19)23/h2-9,12-13H,10-11H2,1H3,(H,24,27)(H,25,26). The van der Waals surface area contributed by atoms with Gasteiger partial charge in [0.15, 0.2) is 0 Å². The Balaban J connectivity index is 1.52. The first-order chi connectivity index (χ1) is 13.5. The minimum Gasteiger partial charge on any atom is -0.497 e. The van der Waals surface area contributed by atoms with Crippen LogP contribution in [0.5, 0.6) is 5.75 Å². The zero-order chi connectivity index (χ0) is 19.9. The van der Waals surface area contributed by atoms with Crippen molar-refractivity contribution in [2.24, 2.45) is 0 Å². The first-order valence-corrected chi connectivity index (χ1v) is 8.64. The molecule has 0 unspecified atom stereocenters. The lowest BCUT2D eigenvalue weighted by Gasteiger charge is -2.08. The number of amides is 1. The SMILES string of the molecule is COc1ccc(CCNC(=O)c2ccc(Nc3ccc(F)cc3F)nc2)cc1. The van der Waals surface area contributed by atoms with E-state index in [2.05, 4.69) is 15.6 Å². The van der Waals surface area contributed by atoms with E-state index in [1.54, 1.807) is 19.2 Å². The van der Waals surface area contributed by atoms with Crippen LogP contribution in [0.1, 0.15) is 15.9 Å². The molecule has 0 saturated carbocycles. The topological polar surface area (TPSA) is 63.2 Å². The smallest absolute Gasteiger partial charge is 0.252 e. The average Bonchev–Trinajstić information content (AvgIpc) is 2.71. The number of nitrogens with zero attached hydrogens (tertiary/aromatic N) is 1. The molecule has 5 nitrogen and oxygen atoms in total. The van der Waals surface area contributed by atoms with Crippen molar-refractivity contribution in [1.29, 1.82) is 0 Å². The number of carbonyl (C=O) groups is 1. The highest BCUT2D eigenvalue weighted by Crippen LogP contribution is 2.19. The Bertz CT molecular complexity index is 945. The molecule has 7 heteroatoms. The molecule has 3 aromatic rings. The predicted octanol–water partition coefficient (Wildman–Crippen LogP) is 4.08. The number of ether oxygens (including phenoxy) is 1. The van der Waals surface area contributed by atoms with Crippen LogP contribution in [-0.2, 0) is 6.42 Å². The summed E-state index contributed by atoms with van der Waals surface area (Å²) < 4.78 is 31.7. The number of carbonyl (C=O) groups excluding carboxylic acids is 1. The van der Waals surface area contributed by atoms with Crippen molar-refractivity contribution in [3.8, 4) is 5.75 Å². The molecule has 0 aliphatic rings. The van der Waals surface area contributed by atoms with Gasteiger partial charge in [-0.05, 0) is 48.4 Å². The molecular formula is C21H19F2N3O2. The predicted molar refractivity (Wildman–Crippen MR) is 103 cm³/mol. The maximum absolute atomic E-state index is 13.7. The second-order valence-electron chi connectivity index (χ2n) is 6.04. The Labute approximate surface area is 161 Å². The van der Waals surface area contributed by atoms with Crippen molar-refractivity contribution in [3.63, 3.8) is 0 Å². The van der Waals surface area contributed by atoms with E-state index in [1.807, 2.05) is 24.3 Å². The first-order valence-electron chi connectivity index (χ1n) is 8.64. The summed E-state index contributed by atoms with van der Waals surface area (Å²) in [5, 5.41) is 5.57. The van der Waals surface area contributed by atoms with Crippen molar-refractivity contribution in [2.45, 2.75) is 6.42 Å². The van der Waals surface area contributed by atoms with Gasteiger partial charge < -0.3 is 15.4 Å². The second kappa shape index (κ2) is 8.94.